The maximum Gasteiger partial charge on any atom is 0.266 e. The van der Waals surface area contributed by atoms with Gasteiger partial charge in [-0.3, -0.25) is 4.79 Å². The average molecular weight is 305 g/mol. The highest BCUT2D eigenvalue weighted by atomic mass is 32.2. The zero-order valence-electron chi connectivity index (χ0n) is 9.74. The molecule has 0 radical (unpaired) electrons. The summed E-state index contributed by atoms with van der Waals surface area (Å²) in [5.41, 5.74) is -1.32. The zero-order chi connectivity index (χ0) is 14.7. The predicted molar refractivity (Wildman–Crippen MR) is 66.9 cm³/mol. The quantitative estimate of drug-likeness (QED) is 0.530. The van der Waals surface area contributed by atoms with Crippen molar-refractivity contribution in [2.24, 2.45) is 10.2 Å². The third-order valence-corrected chi connectivity index (χ3v) is 3.15. The molecule has 1 aromatic rings. The van der Waals surface area contributed by atoms with Gasteiger partial charge in [0.15, 0.2) is 5.17 Å². The van der Waals surface area contributed by atoms with E-state index < -0.39 is 23.6 Å². The Bertz CT molecular complexity index is 604. The monoisotopic (exact) mass is 305 g/mol. The summed E-state index contributed by atoms with van der Waals surface area (Å²) in [5.74, 6) is -2.28. The van der Waals surface area contributed by atoms with Gasteiger partial charge in [0.2, 0.25) is 5.91 Å². The topological polar surface area (TPSA) is 53.8 Å². The number of amides is 1. The number of alkyl halides is 2. The van der Waals surface area contributed by atoms with Crippen LogP contribution in [-0.2, 0) is 4.79 Å². The number of carbonyl (C=O) groups is 1. The Kier molecular flexibility index (Phi) is 4.38. The number of hydrogen-bond donors (Lipinski definition) is 1. The van der Waals surface area contributed by atoms with Crippen molar-refractivity contribution in [3.63, 3.8) is 0 Å². The summed E-state index contributed by atoms with van der Waals surface area (Å²) in [7, 11) is 0. The molecule has 1 aromatic carbocycles. The average Bonchev–Trinajstić information content (AvgIpc) is 2.78. The highest BCUT2D eigenvalue weighted by Crippen LogP contribution is 2.24. The molecular weight excluding hydrogens is 298 g/mol. The van der Waals surface area contributed by atoms with E-state index in [1.807, 2.05) is 0 Å². The van der Waals surface area contributed by atoms with Crippen molar-refractivity contribution in [2.45, 2.75) is 6.43 Å². The van der Waals surface area contributed by atoms with Crippen molar-refractivity contribution in [3.8, 4) is 0 Å². The number of benzene rings is 1. The van der Waals surface area contributed by atoms with Crippen LogP contribution < -0.4 is 5.32 Å². The summed E-state index contributed by atoms with van der Waals surface area (Å²) in [4.78, 5) is 10.8. The van der Waals surface area contributed by atoms with E-state index in [-0.39, 0.29) is 22.4 Å². The van der Waals surface area contributed by atoms with Gasteiger partial charge in [-0.05, 0) is 12.1 Å². The first kappa shape index (κ1) is 14.5. The van der Waals surface area contributed by atoms with E-state index in [9.17, 15) is 22.4 Å². The maximum absolute atomic E-state index is 13.4. The summed E-state index contributed by atoms with van der Waals surface area (Å²) in [6, 6.07) is 1.03. The minimum absolute atomic E-state index is 0.209. The third-order valence-electron chi connectivity index (χ3n) is 2.28. The van der Waals surface area contributed by atoms with Gasteiger partial charge < -0.3 is 5.32 Å². The van der Waals surface area contributed by atoms with Crippen LogP contribution in [0.15, 0.2) is 22.3 Å². The second-order valence-corrected chi connectivity index (χ2v) is 4.65. The van der Waals surface area contributed by atoms with Gasteiger partial charge >= 0.3 is 0 Å². The largest absolute Gasteiger partial charge is 0.303 e. The molecule has 1 fully saturated rings. The fraction of sp³-hybridized carbons (Fsp3) is 0.182. The molecule has 9 heteroatoms. The molecule has 1 aliphatic heterocycles. The van der Waals surface area contributed by atoms with Crippen LogP contribution in [0.1, 0.15) is 17.6 Å². The lowest BCUT2D eigenvalue weighted by atomic mass is 10.1. The van der Waals surface area contributed by atoms with Gasteiger partial charge in [-0.2, -0.15) is 5.10 Å². The van der Waals surface area contributed by atoms with Crippen LogP contribution in [0.5, 0.6) is 0 Å². The molecule has 1 N–H and O–H groups in total. The SMILES string of the molecule is O=C1CSC(=NN=Cc2cc(F)c(C(F)F)cc2F)N1. The van der Waals surface area contributed by atoms with Crippen molar-refractivity contribution in [3.05, 3.63) is 34.9 Å². The number of amidine groups is 1. The number of nitrogens with zero attached hydrogens (tertiary/aromatic N) is 2. The highest BCUT2D eigenvalue weighted by molar-refractivity contribution is 8.15. The van der Waals surface area contributed by atoms with E-state index >= 15 is 0 Å². The van der Waals surface area contributed by atoms with Crippen LogP contribution in [0, 0.1) is 11.6 Å². The van der Waals surface area contributed by atoms with E-state index in [0.717, 1.165) is 18.0 Å². The van der Waals surface area contributed by atoms with Gasteiger partial charge in [-0.15, -0.1) is 5.10 Å². The number of thioether (sulfide) groups is 1. The van der Waals surface area contributed by atoms with Gasteiger partial charge in [0.05, 0.1) is 17.5 Å². The van der Waals surface area contributed by atoms with Crippen LogP contribution in [0.4, 0.5) is 17.6 Å². The minimum Gasteiger partial charge on any atom is -0.303 e. The molecule has 1 aliphatic rings. The molecule has 1 amide bonds. The van der Waals surface area contributed by atoms with E-state index in [2.05, 4.69) is 15.5 Å². The van der Waals surface area contributed by atoms with E-state index in [1.54, 1.807) is 0 Å². The normalized spacial score (nSPS) is 17.4. The Morgan fingerprint density at radius 3 is 2.65 bits per heavy atom. The lowest BCUT2D eigenvalue weighted by Gasteiger charge is -2.03. The van der Waals surface area contributed by atoms with E-state index in [1.165, 1.54) is 0 Å². The number of rotatable bonds is 3. The molecule has 1 heterocycles. The first-order chi connectivity index (χ1) is 9.47. The summed E-state index contributed by atoms with van der Waals surface area (Å²) in [6.45, 7) is 0. The maximum atomic E-state index is 13.4. The molecule has 0 bridgehead atoms. The molecule has 1 saturated heterocycles. The highest BCUT2D eigenvalue weighted by Gasteiger charge is 2.17. The second-order valence-electron chi connectivity index (χ2n) is 3.68. The Balaban J connectivity index is 2.17. The molecule has 20 heavy (non-hydrogen) atoms. The molecular formula is C11H7F4N3OS. The molecule has 0 spiro atoms. The Hall–Kier alpha value is -1.90. The first-order valence-corrected chi connectivity index (χ1v) is 6.26. The van der Waals surface area contributed by atoms with Crippen molar-refractivity contribution < 1.29 is 22.4 Å². The lowest BCUT2D eigenvalue weighted by molar-refractivity contribution is -0.116. The number of hydrogen-bond acceptors (Lipinski definition) is 4. The number of nitrogens with one attached hydrogen (secondary N) is 1. The van der Waals surface area contributed by atoms with Gasteiger partial charge in [-0.25, -0.2) is 17.6 Å². The van der Waals surface area contributed by atoms with Crippen molar-refractivity contribution >= 4 is 29.1 Å². The zero-order valence-corrected chi connectivity index (χ0v) is 10.6. The second kappa shape index (κ2) is 6.04. The van der Waals surface area contributed by atoms with Gasteiger partial charge in [0.1, 0.15) is 11.6 Å². The van der Waals surface area contributed by atoms with Gasteiger partial charge in [0, 0.05) is 5.56 Å². The standard InChI is InChI=1S/C11H7F4N3OS/c12-7-2-6(10(14)15)8(13)1-5(7)3-16-18-11-17-9(19)4-20-11/h1-3,10H,4H2,(H,17,18,19). The van der Waals surface area contributed by atoms with Crippen molar-refractivity contribution in [2.75, 3.05) is 5.75 Å². The molecule has 106 valence electrons. The summed E-state index contributed by atoms with van der Waals surface area (Å²) < 4.78 is 51.3. The van der Waals surface area contributed by atoms with Crippen LogP contribution in [0.2, 0.25) is 0 Å². The summed E-state index contributed by atoms with van der Waals surface area (Å²) in [6.07, 6.45) is -2.22. The van der Waals surface area contributed by atoms with Crippen LogP contribution in [-0.4, -0.2) is 23.0 Å². The van der Waals surface area contributed by atoms with E-state index in [4.69, 9.17) is 0 Å². The molecule has 0 unspecified atom stereocenters. The molecule has 0 aromatic heterocycles. The number of carbonyl (C=O) groups excluding carboxylic acids is 1. The summed E-state index contributed by atoms with van der Waals surface area (Å²) in [5, 5.41) is 9.66. The predicted octanol–water partition coefficient (Wildman–Crippen LogP) is 2.46. The molecule has 4 nitrogen and oxygen atoms in total. The fourth-order valence-corrected chi connectivity index (χ4v) is 2.00. The third kappa shape index (κ3) is 3.35. The molecule has 0 saturated carbocycles. The Morgan fingerprint density at radius 1 is 1.30 bits per heavy atom. The van der Waals surface area contributed by atoms with Gasteiger partial charge in [-0.1, -0.05) is 11.8 Å². The van der Waals surface area contributed by atoms with Crippen molar-refractivity contribution in [1.82, 2.24) is 5.32 Å². The molecule has 0 aliphatic carbocycles. The Morgan fingerprint density at radius 2 is 2.05 bits per heavy atom. The lowest BCUT2D eigenvalue weighted by Crippen LogP contribution is -2.19. The van der Waals surface area contributed by atoms with Gasteiger partial charge in [0.25, 0.3) is 6.43 Å². The minimum atomic E-state index is -3.10. The molecule has 2 rings (SSSR count). The molecule has 0 atom stereocenters. The smallest absolute Gasteiger partial charge is 0.266 e. The van der Waals surface area contributed by atoms with E-state index in [0.29, 0.717) is 12.1 Å². The van der Waals surface area contributed by atoms with Crippen molar-refractivity contribution in [1.29, 1.82) is 0 Å². The fourth-order valence-electron chi connectivity index (χ4n) is 1.37. The summed E-state index contributed by atoms with van der Waals surface area (Å²) >= 11 is 1.11. The Labute approximate surface area is 115 Å². The van der Waals surface area contributed by atoms with Crippen LogP contribution in [0.25, 0.3) is 0 Å². The first-order valence-electron chi connectivity index (χ1n) is 5.28. The van der Waals surface area contributed by atoms with Crippen LogP contribution >= 0.6 is 11.8 Å². The number of halogens is 4. The van der Waals surface area contributed by atoms with Crippen LogP contribution in [0.3, 0.4) is 0 Å².